The van der Waals surface area contributed by atoms with Crippen LogP contribution >= 0.6 is 0 Å². The van der Waals surface area contributed by atoms with Crippen molar-refractivity contribution in [3.63, 3.8) is 0 Å². The zero-order valence-corrected chi connectivity index (χ0v) is 11.5. The van der Waals surface area contributed by atoms with Crippen molar-refractivity contribution in [3.8, 4) is 5.75 Å². The lowest BCUT2D eigenvalue weighted by Gasteiger charge is -2.10. The summed E-state index contributed by atoms with van der Waals surface area (Å²) in [6.07, 6.45) is 0.787. The third kappa shape index (κ3) is 2.56. The Bertz CT molecular complexity index is 559. The number of hydrogen-bond donors (Lipinski definition) is 1. The van der Waals surface area contributed by atoms with Gasteiger partial charge in [0.2, 0.25) is 0 Å². The second-order valence-electron chi connectivity index (χ2n) is 5.16. The van der Waals surface area contributed by atoms with E-state index < -0.39 is 0 Å². The Morgan fingerprint density at radius 1 is 0.889 bits per heavy atom. The van der Waals surface area contributed by atoms with E-state index in [1.54, 1.807) is 6.07 Å². The van der Waals surface area contributed by atoms with Crippen LogP contribution in [-0.4, -0.2) is 5.11 Å². The zero-order chi connectivity index (χ0) is 13.3. The summed E-state index contributed by atoms with van der Waals surface area (Å²) in [5.41, 5.74) is 7.43. The molecule has 0 spiro atoms. The molecular weight excluding hydrogens is 220 g/mol. The summed E-state index contributed by atoms with van der Waals surface area (Å²) in [7, 11) is 0. The van der Waals surface area contributed by atoms with E-state index in [-0.39, 0.29) is 0 Å². The molecule has 1 N–H and O–H groups in total. The smallest absolute Gasteiger partial charge is 0.119 e. The van der Waals surface area contributed by atoms with Crippen LogP contribution in [0.1, 0.15) is 33.4 Å². The first-order chi connectivity index (χ1) is 8.47. The van der Waals surface area contributed by atoms with Crippen LogP contribution in [0.4, 0.5) is 0 Å². The maximum Gasteiger partial charge on any atom is 0.119 e. The Morgan fingerprint density at radius 3 is 2.11 bits per heavy atom. The summed E-state index contributed by atoms with van der Waals surface area (Å²) < 4.78 is 0. The molecule has 0 bridgehead atoms. The predicted octanol–water partition coefficient (Wildman–Crippen LogP) is 4.22. The molecule has 18 heavy (non-hydrogen) atoms. The fraction of sp³-hybridized carbons (Fsp3) is 0.294. The average Bonchev–Trinajstić information content (AvgIpc) is 2.31. The quantitative estimate of drug-likeness (QED) is 0.833. The van der Waals surface area contributed by atoms with E-state index in [0.29, 0.717) is 5.75 Å². The van der Waals surface area contributed by atoms with Gasteiger partial charge in [-0.3, -0.25) is 0 Å². The molecule has 1 nitrogen and oxygen atoms in total. The molecule has 2 rings (SSSR count). The van der Waals surface area contributed by atoms with Crippen molar-refractivity contribution in [2.24, 2.45) is 0 Å². The minimum Gasteiger partial charge on any atom is -0.508 e. The van der Waals surface area contributed by atoms with E-state index in [9.17, 15) is 5.11 Å². The Morgan fingerprint density at radius 2 is 1.50 bits per heavy atom. The van der Waals surface area contributed by atoms with Crippen LogP contribution in [0.5, 0.6) is 5.75 Å². The molecule has 0 amide bonds. The first-order valence-electron chi connectivity index (χ1n) is 6.32. The van der Waals surface area contributed by atoms with E-state index >= 15 is 0 Å². The SMILES string of the molecule is Cc1ccc(O)c(Cc2cc(C)c(C)c(C)c2)c1. The van der Waals surface area contributed by atoms with Crippen LogP contribution < -0.4 is 0 Å². The number of benzene rings is 2. The van der Waals surface area contributed by atoms with Crippen LogP contribution in [0.15, 0.2) is 30.3 Å². The van der Waals surface area contributed by atoms with Crippen molar-refractivity contribution in [2.45, 2.75) is 34.1 Å². The first kappa shape index (κ1) is 12.7. The van der Waals surface area contributed by atoms with E-state index in [4.69, 9.17) is 0 Å². The van der Waals surface area contributed by atoms with Crippen molar-refractivity contribution in [2.75, 3.05) is 0 Å². The van der Waals surface area contributed by atoms with Crippen molar-refractivity contribution >= 4 is 0 Å². The number of aryl methyl sites for hydroxylation is 3. The van der Waals surface area contributed by atoms with Gasteiger partial charge in [0.15, 0.2) is 0 Å². The van der Waals surface area contributed by atoms with E-state index in [1.165, 1.54) is 27.8 Å². The van der Waals surface area contributed by atoms with Crippen LogP contribution in [0.25, 0.3) is 0 Å². The molecule has 0 aliphatic carbocycles. The topological polar surface area (TPSA) is 20.2 Å². The maximum absolute atomic E-state index is 9.89. The second-order valence-corrected chi connectivity index (χ2v) is 5.16. The molecule has 0 aliphatic rings. The molecule has 0 radical (unpaired) electrons. The largest absolute Gasteiger partial charge is 0.508 e. The minimum atomic E-state index is 0.386. The van der Waals surface area contributed by atoms with Gasteiger partial charge >= 0.3 is 0 Å². The summed E-state index contributed by atoms with van der Waals surface area (Å²) in [6.45, 7) is 8.48. The van der Waals surface area contributed by atoms with Crippen molar-refractivity contribution in [1.82, 2.24) is 0 Å². The second kappa shape index (κ2) is 4.85. The molecule has 0 fully saturated rings. The molecule has 2 aromatic carbocycles. The molecule has 0 aliphatic heterocycles. The average molecular weight is 240 g/mol. The number of rotatable bonds is 2. The number of phenolic OH excluding ortho intramolecular Hbond substituents is 1. The molecule has 0 saturated heterocycles. The molecule has 94 valence electrons. The third-order valence-corrected chi connectivity index (χ3v) is 3.62. The highest BCUT2D eigenvalue weighted by molar-refractivity contribution is 5.43. The van der Waals surface area contributed by atoms with Gasteiger partial charge in [-0.2, -0.15) is 0 Å². The number of aromatic hydroxyl groups is 1. The molecule has 0 aromatic heterocycles. The summed E-state index contributed by atoms with van der Waals surface area (Å²) in [4.78, 5) is 0. The van der Waals surface area contributed by atoms with Gasteiger partial charge in [-0.05, 0) is 61.6 Å². The minimum absolute atomic E-state index is 0.386. The van der Waals surface area contributed by atoms with E-state index in [2.05, 4.69) is 45.9 Å². The van der Waals surface area contributed by atoms with Gasteiger partial charge in [0.1, 0.15) is 5.75 Å². The standard InChI is InChI=1S/C17H20O/c1-11-5-6-17(18)16(7-11)10-15-8-12(2)14(4)13(3)9-15/h5-9,18H,10H2,1-4H3. The lowest BCUT2D eigenvalue weighted by atomic mass is 9.96. The lowest BCUT2D eigenvalue weighted by Crippen LogP contribution is -1.94. The van der Waals surface area contributed by atoms with Gasteiger partial charge in [-0.15, -0.1) is 0 Å². The Kier molecular flexibility index (Phi) is 3.42. The molecule has 0 unspecified atom stereocenters. The van der Waals surface area contributed by atoms with E-state index in [1.807, 2.05) is 6.07 Å². The highest BCUT2D eigenvalue weighted by atomic mass is 16.3. The van der Waals surface area contributed by atoms with Crippen LogP contribution in [0.2, 0.25) is 0 Å². The van der Waals surface area contributed by atoms with Gasteiger partial charge < -0.3 is 5.11 Å². The third-order valence-electron chi connectivity index (χ3n) is 3.62. The summed E-state index contributed by atoms with van der Waals surface area (Å²) in [5, 5.41) is 9.89. The summed E-state index contributed by atoms with van der Waals surface area (Å²) >= 11 is 0. The monoisotopic (exact) mass is 240 g/mol. The molecule has 0 saturated carbocycles. The normalized spacial score (nSPS) is 10.7. The first-order valence-corrected chi connectivity index (χ1v) is 6.32. The van der Waals surface area contributed by atoms with Crippen LogP contribution in [-0.2, 0) is 6.42 Å². The molecule has 1 heteroatoms. The fourth-order valence-electron chi connectivity index (χ4n) is 2.30. The Labute approximate surface area is 109 Å². The van der Waals surface area contributed by atoms with Gasteiger partial charge in [-0.1, -0.05) is 29.8 Å². The predicted molar refractivity (Wildman–Crippen MR) is 76.3 cm³/mol. The fourth-order valence-corrected chi connectivity index (χ4v) is 2.30. The summed E-state index contributed by atoms with van der Waals surface area (Å²) in [5.74, 6) is 0.386. The lowest BCUT2D eigenvalue weighted by molar-refractivity contribution is 0.469. The Balaban J connectivity index is 2.37. The van der Waals surface area contributed by atoms with Crippen LogP contribution in [0.3, 0.4) is 0 Å². The van der Waals surface area contributed by atoms with Gasteiger partial charge in [-0.25, -0.2) is 0 Å². The van der Waals surface area contributed by atoms with Gasteiger partial charge in [0, 0.05) is 6.42 Å². The molecule has 0 atom stereocenters. The van der Waals surface area contributed by atoms with Crippen LogP contribution in [0, 0.1) is 27.7 Å². The zero-order valence-electron chi connectivity index (χ0n) is 11.5. The van der Waals surface area contributed by atoms with Crippen molar-refractivity contribution in [1.29, 1.82) is 0 Å². The maximum atomic E-state index is 9.89. The van der Waals surface area contributed by atoms with E-state index in [0.717, 1.165) is 12.0 Å². The molecule has 0 heterocycles. The summed E-state index contributed by atoms with van der Waals surface area (Å²) in [6, 6.07) is 10.2. The Hall–Kier alpha value is -1.76. The number of phenols is 1. The van der Waals surface area contributed by atoms with Crippen molar-refractivity contribution < 1.29 is 5.11 Å². The van der Waals surface area contributed by atoms with Gasteiger partial charge in [0.05, 0.1) is 0 Å². The number of hydrogen-bond acceptors (Lipinski definition) is 1. The highest BCUT2D eigenvalue weighted by Crippen LogP contribution is 2.24. The molecule has 2 aromatic rings. The van der Waals surface area contributed by atoms with Gasteiger partial charge in [0.25, 0.3) is 0 Å². The highest BCUT2D eigenvalue weighted by Gasteiger charge is 2.05. The van der Waals surface area contributed by atoms with Crippen molar-refractivity contribution in [3.05, 3.63) is 63.7 Å². The molecular formula is C17H20O.